The summed E-state index contributed by atoms with van der Waals surface area (Å²) in [6, 6.07) is 0. The summed E-state index contributed by atoms with van der Waals surface area (Å²) in [4.78, 5) is 0. The molecule has 0 rings (SSSR count). The third kappa shape index (κ3) is 2520. The highest BCUT2D eigenvalue weighted by Gasteiger charge is 1.36. The van der Waals surface area contributed by atoms with Crippen LogP contribution >= 0.6 is 9.90 Å². The van der Waals surface area contributed by atoms with Gasteiger partial charge >= 0.3 is 0 Å². The van der Waals surface area contributed by atoms with E-state index in [4.69, 9.17) is 2.74 Å². The van der Waals surface area contributed by atoms with Crippen molar-refractivity contribution in [1.82, 2.24) is 0 Å². The van der Waals surface area contributed by atoms with Crippen molar-refractivity contribution in [1.29, 1.82) is 0 Å². The van der Waals surface area contributed by atoms with Gasteiger partial charge < -0.3 is 0 Å². The Kier molecular flexibility index (Phi) is 191. The average Bonchev–Trinajstić information content (AvgIpc) is 1.91. The molecule has 0 heterocycles. The Morgan fingerprint density at radius 3 is 1.40 bits per heavy atom. The highest BCUT2D eigenvalue weighted by atomic mass is 31.0. The van der Waals surface area contributed by atoms with Gasteiger partial charge in [0.2, 0.25) is 0 Å². The Morgan fingerprint density at radius 1 is 1.30 bits per heavy atom. The molecule has 0 aliphatic carbocycles. The summed E-state index contributed by atoms with van der Waals surface area (Å²) in [6.07, 6.45) is 2.24. The molecule has 1 unspecified atom stereocenters. The van der Waals surface area contributed by atoms with E-state index < -0.39 is 0 Å². The topological polar surface area (TPSA) is 0 Å². The van der Waals surface area contributed by atoms with E-state index in [1.165, 1.54) is 6.42 Å². The van der Waals surface area contributed by atoms with Gasteiger partial charge in [0.15, 0.2) is 0 Å². The minimum Gasteiger partial charge on any atom is -0.153 e. The summed E-state index contributed by atoms with van der Waals surface area (Å²) < 4.78 is 12.7. The number of rotatable bonds is 0. The molecule has 0 radical (unpaired) electrons. The Balaban J connectivity index is -0.0000000191. The largest absolute Gasteiger partial charge is 0.153 e. The van der Waals surface area contributed by atoms with Crippen molar-refractivity contribution in [2.75, 3.05) is 0 Å². The van der Waals surface area contributed by atoms with E-state index in [2.05, 4.69) is 13.8 Å². The fraction of sp³-hybridized carbons (Fsp3) is 1.00. The lowest BCUT2D eigenvalue weighted by Gasteiger charge is -1.48. The van der Waals surface area contributed by atoms with Crippen LogP contribution in [0.5, 0.6) is 0 Å². The zero-order chi connectivity index (χ0) is 8.83. The molecule has 0 amide bonds. The molecule has 10 heavy (non-hydrogen) atoms. The molecule has 1 heteroatoms. The van der Waals surface area contributed by atoms with Gasteiger partial charge in [-0.15, -0.1) is 0 Å². The van der Waals surface area contributed by atoms with Gasteiger partial charge in [-0.25, -0.2) is 0 Å². The first-order valence-corrected chi connectivity index (χ1v) is 3.33. The van der Waals surface area contributed by atoms with Gasteiger partial charge in [0.1, 0.15) is 0 Å². The zero-order valence-electron chi connectivity index (χ0n) is 9.54. The van der Waals surface area contributed by atoms with Crippen LogP contribution < -0.4 is 0 Å². The molecular formula is C9H29P. The van der Waals surface area contributed by atoms with E-state index >= 15 is 0 Å². The van der Waals surface area contributed by atoms with E-state index in [9.17, 15) is 0 Å². The van der Waals surface area contributed by atoms with Crippen LogP contribution in [0.15, 0.2) is 0 Å². The second kappa shape index (κ2) is 113. The van der Waals surface area contributed by atoms with Gasteiger partial charge in [-0.05, 0) is 0 Å². The van der Waals surface area contributed by atoms with Gasteiger partial charge in [0, 0.05) is 2.74 Å². The molecule has 0 aliphatic rings. The SMILES string of the molecule is C.CCC.P.[2H]CCC.[3H]CC. The summed E-state index contributed by atoms with van der Waals surface area (Å²) in [7, 11) is 0. The van der Waals surface area contributed by atoms with Gasteiger partial charge in [-0.3, -0.25) is 0 Å². The van der Waals surface area contributed by atoms with Crippen LogP contribution in [0.25, 0.3) is 0 Å². The van der Waals surface area contributed by atoms with Crippen LogP contribution in [0.3, 0.4) is 0 Å². The Morgan fingerprint density at radius 2 is 1.40 bits per heavy atom. The fourth-order valence-corrected chi connectivity index (χ4v) is 0. The van der Waals surface area contributed by atoms with Crippen molar-refractivity contribution < 1.29 is 2.74 Å². The van der Waals surface area contributed by atoms with Crippen LogP contribution in [-0.2, 0) is 0 Å². The average molecular weight is 171 g/mol. The van der Waals surface area contributed by atoms with Crippen molar-refractivity contribution in [3.63, 3.8) is 0 Å². The summed E-state index contributed by atoms with van der Waals surface area (Å²) in [5.74, 6) is 0. The van der Waals surface area contributed by atoms with Crippen LogP contribution in [0.4, 0.5) is 0 Å². The molecule has 70 valence electrons. The van der Waals surface area contributed by atoms with Gasteiger partial charge in [0.25, 0.3) is 0 Å². The molecule has 0 fully saturated rings. The Labute approximate surface area is 75.2 Å². The first-order valence-electron chi connectivity index (χ1n) is 4.74. The van der Waals surface area contributed by atoms with E-state index in [0.29, 0.717) is 13.8 Å². The number of hydrogen-bond acceptors (Lipinski definition) is 0. The summed E-state index contributed by atoms with van der Waals surface area (Å²) in [5.41, 5.74) is 0. The monoisotopic (exact) mass is 171 g/mol. The standard InChI is InChI=1S/2C3H8.C2H6.CH4.H3P/c2*1-3-2;1-2;;/h2*3H2,1-2H3;1-2H3;1H4;1H3/i1D;;1T;;. The second-order valence-electron chi connectivity index (χ2n) is 1.21. The van der Waals surface area contributed by atoms with Crippen LogP contribution in [0, 0.1) is 0 Å². The zero-order valence-corrected chi connectivity index (χ0v) is 8.95. The maximum absolute atomic E-state index is 6.45. The van der Waals surface area contributed by atoms with E-state index in [-0.39, 0.29) is 17.3 Å². The van der Waals surface area contributed by atoms with Crippen LogP contribution in [0.1, 0.15) is 64.5 Å². The first kappa shape index (κ1) is 16.8. The molecule has 0 aromatic heterocycles. The molecule has 0 aromatic rings. The lowest BCUT2D eigenvalue weighted by Crippen LogP contribution is -1.27. The molecular weight excluding hydrogens is 139 g/mol. The lowest BCUT2D eigenvalue weighted by atomic mass is 10.6. The molecule has 0 nitrogen and oxygen atoms in total. The van der Waals surface area contributed by atoms with Crippen molar-refractivity contribution in [2.24, 2.45) is 0 Å². The molecule has 0 aromatic carbocycles. The van der Waals surface area contributed by atoms with Crippen molar-refractivity contribution in [3.8, 4) is 0 Å². The Hall–Kier alpha value is 0.430. The summed E-state index contributed by atoms with van der Waals surface area (Å²) in [5, 5.41) is 0. The second-order valence-corrected chi connectivity index (χ2v) is 1.21. The van der Waals surface area contributed by atoms with Crippen molar-refractivity contribution in [3.05, 3.63) is 0 Å². The number of hydrogen-bond donors (Lipinski definition) is 0. The van der Waals surface area contributed by atoms with E-state index in [1.807, 2.05) is 6.92 Å². The van der Waals surface area contributed by atoms with Crippen LogP contribution in [-0.4, -0.2) is 0 Å². The summed E-state index contributed by atoms with van der Waals surface area (Å²) in [6.45, 7) is 9.10. The summed E-state index contributed by atoms with van der Waals surface area (Å²) >= 11 is 0. The smallest absolute Gasteiger partial charge is 0.0230 e. The molecule has 0 N–H and O–H groups in total. The Bertz CT molecular complexity index is 24.5. The van der Waals surface area contributed by atoms with E-state index in [0.717, 1.165) is 6.42 Å². The minimum atomic E-state index is 0. The highest BCUT2D eigenvalue weighted by molar-refractivity contribution is 6.92. The van der Waals surface area contributed by atoms with Gasteiger partial charge in [0.05, 0.1) is 0 Å². The van der Waals surface area contributed by atoms with Crippen molar-refractivity contribution >= 4 is 9.90 Å². The van der Waals surface area contributed by atoms with Crippen molar-refractivity contribution in [2.45, 2.75) is 61.8 Å². The van der Waals surface area contributed by atoms with Crippen LogP contribution in [0.2, 0.25) is 0 Å². The molecule has 0 saturated heterocycles. The first-order chi connectivity index (χ1) is 4.74. The minimum absolute atomic E-state index is 0. The predicted octanol–water partition coefficient (Wildman–Crippen LogP) is 4.55. The molecule has 0 aliphatic heterocycles. The predicted molar refractivity (Wildman–Crippen MR) is 61.1 cm³/mol. The highest BCUT2D eigenvalue weighted by Crippen LogP contribution is 1.56. The maximum Gasteiger partial charge on any atom is 0.0230 e. The van der Waals surface area contributed by atoms with Gasteiger partial charge in [-0.2, -0.15) is 9.90 Å². The third-order valence-corrected chi connectivity index (χ3v) is 0. The fourth-order valence-electron chi connectivity index (χ4n) is 0. The molecule has 0 bridgehead atoms. The third-order valence-electron chi connectivity index (χ3n) is 0. The normalized spacial score (nSPS) is 6.80. The molecule has 0 spiro atoms. The van der Waals surface area contributed by atoms with E-state index in [1.54, 1.807) is 6.92 Å². The molecule has 1 atom stereocenters. The quantitative estimate of drug-likeness (QED) is 0.469. The maximum atomic E-state index is 6.45. The molecule has 0 saturated carbocycles. The van der Waals surface area contributed by atoms with Gasteiger partial charge in [-0.1, -0.05) is 61.8 Å². The lowest BCUT2D eigenvalue weighted by molar-refractivity contribution is 1.09.